The third-order valence-corrected chi connectivity index (χ3v) is 7.88. The van der Waals surface area contributed by atoms with Crippen molar-refractivity contribution < 1.29 is 4.74 Å². The van der Waals surface area contributed by atoms with Crippen LogP contribution in [0.15, 0.2) is 35.3 Å². The van der Waals surface area contributed by atoms with Crippen LogP contribution in [0.1, 0.15) is 40.9 Å². The number of rotatable bonds is 5. The predicted molar refractivity (Wildman–Crippen MR) is 140 cm³/mol. The van der Waals surface area contributed by atoms with Crippen LogP contribution in [-0.2, 0) is 19.5 Å². The molecule has 1 saturated carbocycles. The molecule has 0 amide bonds. The van der Waals surface area contributed by atoms with Gasteiger partial charge in [0.2, 0.25) is 0 Å². The van der Waals surface area contributed by atoms with Crippen LogP contribution in [-0.4, -0.2) is 37.8 Å². The van der Waals surface area contributed by atoms with Gasteiger partial charge in [0.1, 0.15) is 11.6 Å². The van der Waals surface area contributed by atoms with E-state index in [0.29, 0.717) is 18.9 Å². The minimum atomic E-state index is -0.462. The maximum absolute atomic E-state index is 13.1. The van der Waals surface area contributed by atoms with Crippen molar-refractivity contribution in [3.05, 3.63) is 69.0 Å². The van der Waals surface area contributed by atoms with Crippen molar-refractivity contribution in [3.63, 3.8) is 0 Å². The van der Waals surface area contributed by atoms with Crippen LogP contribution in [0, 0.1) is 37.5 Å². The number of ether oxygens (including phenoxy) is 1. The summed E-state index contributed by atoms with van der Waals surface area (Å²) >= 11 is 0. The van der Waals surface area contributed by atoms with Crippen molar-refractivity contribution in [1.29, 1.82) is 5.26 Å². The third kappa shape index (κ3) is 3.84. The zero-order valence-electron chi connectivity index (χ0n) is 21.6. The van der Waals surface area contributed by atoms with E-state index in [9.17, 15) is 10.1 Å². The van der Waals surface area contributed by atoms with Gasteiger partial charge >= 0.3 is 5.69 Å². The van der Waals surface area contributed by atoms with Crippen LogP contribution in [0.3, 0.4) is 0 Å². The number of anilines is 1. The lowest BCUT2D eigenvalue weighted by Gasteiger charge is -2.31. The number of benzene rings is 1. The zero-order valence-corrected chi connectivity index (χ0v) is 21.6. The summed E-state index contributed by atoms with van der Waals surface area (Å²) in [5.74, 6) is 2.03. The lowest BCUT2D eigenvalue weighted by Crippen LogP contribution is -2.33. The normalized spacial score (nSPS) is 15.9. The Kier molecular flexibility index (Phi) is 5.30. The summed E-state index contributed by atoms with van der Waals surface area (Å²) in [6, 6.07) is 10.6. The van der Waals surface area contributed by atoms with Crippen molar-refractivity contribution in [3.8, 4) is 22.9 Å². The first-order valence-corrected chi connectivity index (χ1v) is 12.6. The fraction of sp³-hybridized carbons (Fsp3) is 0.393. The maximum atomic E-state index is 13.1. The Morgan fingerprint density at radius 2 is 2.00 bits per heavy atom. The van der Waals surface area contributed by atoms with Crippen LogP contribution in [0.25, 0.3) is 16.9 Å². The van der Waals surface area contributed by atoms with E-state index >= 15 is 0 Å². The monoisotopic (exact) mass is 495 g/mol. The highest BCUT2D eigenvalue weighted by atomic mass is 16.5. The second-order valence-electron chi connectivity index (χ2n) is 10.3. The van der Waals surface area contributed by atoms with Gasteiger partial charge in [-0.3, -0.25) is 4.98 Å². The van der Waals surface area contributed by atoms with Crippen LogP contribution in [0.5, 0.6) is 5.75 Å². The number of hydrogen-bond donors (Lipinski definition) is 0. The van der Waals surface area contributed by atoms with Crippen LogP contribution in [0.4, 0.5) is 5.82 Å². The van der Waals surface area contributed by atoms with Crippen LogP contribution in [0.2, 0.25) is 0 Å². The Balaban J connectivity index is 1.36. The number of nitriles is 1. The Hall–Kier alpha value is -4.19. The highest BCUT2D eigenvalue weighted by Gasteiger charge is 2.44. The van der Waals surface area contributed by atoms with E-state index in [0.717, 1.165) is 71.0 Å². The van der Waals surface area contributed by atoms with Gasteiger partial charge in [0, 0.05) is 48.2 Å². The van der Waals surface area contributed by atoms with Gasteiger partial charge < -0.3 is 9.64 Å². The first-order valence-electron chi connectivity index (χ1n) is 12.6. The molecule has 0 N–H and O–H groups in total. The number of aromatic nitrogens is 5. The summed E-state index contributed by atoms with van der Waals surface area (Å²) < 4.78 is 8.41. The van der Waals surface area contributed by atoms with Gasteiger partial charge in [-0.25, -0.2) is 13.9 Å². The number of pyridine rings is 1. The minimum absolute atomic E-state index is 0.234. The first-order chi connectivity index (χ1) is 17.8. The van der Waals surface area contributed by atoms with Gasteiger partial charge in [-0.05, 0) is 68.5 Å². The molecule has 1 aromatic carbocycles. The lowest BCUT2D eigenvalue weighted by atomic mass is 9.97. The molecule has 4 heterocycles. The molecule has 0 saturated heterocycles. The van der Waals surface area contributed by atoms with Gasteiger partial charge in [-0.1, -0.05) is 6.07 Å². The van der Waals surface area contributed by atoms with E-state index in [2.05, 4.69) is 41.2 Å². The Morgan fingerprint density at radius 3 is 2.73 bits per heavy atom. The quantitative estimate of drug-likeness (QED) is 0.416. The number of fused-ring (bicyclic) bond motifs is 2. The van der Waals surface area contributed by atoms with Gasteiger partial charge in [-0.2, -0.15) is 10.2 Å². The van der Waals surface area contributed by atoms with Gasteiger partial charge in [0.25, 0.3) is 5.78 Å². The van der Waals surface area contributed by atoms with E-state index < -0.39 is 5.41 Å². The van der Waals surface area contributed by atoms with Crippen molar-refractivity contribution in [1.82, 2.24) is 24.1 Å². The molecule has 0 bridgehead atoms. The predicted octanol–water partition coefficient (Wildman–Crippen LogP) is 3.75. The van der Waals surface area contributed by atoms with Gasteiger partial charge in [0.05, 0.1) is 25.1 Å². The summed E-state index contributed by atoms with van der Waals surface area (Å²) in [6.45, 7) is 7.79. The summed E-state index contributed by atoms with van der Waals surface area (Å²) in [7, 11) is 1.68. The van der Waals surface area contributed by atoms with E-state index in [-0.39, 0.29) is 5.69 Å². The maximum Gasteiger partial charge on any atom is 0.351 e. The molecular weight excluding hydrogens is 466 g/mol. The third-order valence-electron chi connectivity index (χ3n) is 7.88. The Bertz CT molecular complexity index is 1660. The Morgan fingerprint density at radius 1 is 1.19 bits per heavy atom. The average Bonchev–Trinajstić information content (AvgIpc) is 3.62. The van der Waals surface area contributed by atoms with Crippen LogP contribution >= 0.6 is 0 Å². The SMILES string of the molecule is COc1ccc(C)c(-c2cnc3c(c2)CN(c2nc4nn(CC5(C#N)CC5)c(=O)n4c(C)c2C)CC3)c1. The fourth-order valence-electron chi connectivity index (χ4n) is 5.22. The van der Waals surface area contributed by atoms with Gasteiger partial charge in [0.15, 0.2) is 0 Å². The molecule has 6 rings (SSSR count). The molecule has 37 heavy (non-hydrogen) atoms. The van der Waals surface area contributed by atoms with Crippen molar-refractivity contribution in [2.75, 3.05) is 18.6 Å². The highest BCUT2D eigenvalue weighted by Crippen LogP contribution is 2.46. The van der Waals surface area contributed by atoms with Crippen molar-refractivity contribution in [2.45, 2.75) is 53.1 Å². The molecule has 0 atom stereocenters. The molecule has 1 fully saturated rings. The second-order valence-corrected chi connectivity index (χ2v) is 10.3. The molecule has 188 valence electrons. The molecule has 9 heteroatoms. The summed E-state index contributed by atoms with van der Waals surface area (Å²) in [6.07, 6.45) is 4.37. The lowest BCUT2D eigenvalue weighted by molar-refractivity contribution is 0.415. The van der Waals surface area contributed by atoms with E-state index in [1.165, 1.54) is 10.2 Å². The van der Waals surface area contributed by atoms with Crippen LogP contribution < -0.4 is 15.3 Å². The molecule has 2 aliphatic rings. The first kappa shape index (κ1) is 23.2. The fourth-order valence-corrected chi connectivity index (χ4v) is 5.22. The van der Waals surface area contributed by atoms with Crippen molar-refractivity contribution >= 4 is 11.6 Å². The summed E-state index contributed by atoms with van der Waals surface area (Å²) in [5.41, 5.74) is 6.67. The second kappa shape index (κ2) is 8.44. The Labute approximate surface area is 215 Å². The van der Waals surface area contributed by atoms with Crippen molar-refractivity contribution in [2.24, 2.45) is 5.41 Å². The van der Waals surface area contributed by atoms with Gasteiger partial charge in [-0.15, -0.1) is 5.10 Å². The molecule has 0 radical (unpaired) electrons. The zero-order chi connectivity index (χ0) is 25.9. The topological polar surface area (TPSA) is 101 Å². The molecule has 0 unspecified atom stereocenters. The minimum Gasteiger partial charge on any atom is -0.497 e. The number of aryl methyl sites for hydroxylation is 2. The number of nitrogens with zero attached hydrogens (tertiary/aromatic N) is 7. The smallest absolute Gasteiger partial charge is 0.351 e. The highest BCUT2D eigenvalue weighted by molar-refractivity contribution is 5.69. The molecule has 1 aliphatic heterocycles. The molecule has 1 aliphatic carbocycles. The molecule has 4 aromatic rings. The average molecular weight is 496 g/mol. The molecular formula is C28H29N7O2. The molecule has 3 aromatic heterocycles. The molecule has 9 nitrogen and oxygen atoms in total. The molecule has 0 spiro atoms. The largest absolute Gasteiger partial charge is 0.497 e. The summed E-state index contributed by atoms with van der Waals surface area (Å²) in [4.78, 5) is 25.0. The van der Waals surface area contributed by atoms with E-state index in [1.54, 1.807) is 11.5 Å². The number of hydrogen-bond acceptors (Lipinski definition) is 7. The number of methoxy groups -OCH3 is 1. The van der Waals surface area contributed by atoms with E-state index in [4.69, 9.17) is 14.7 Å². The standard InChI is InChI=1S/C28H29N7O2/c1-17-5-6-22(37-4)12-23(17)20-11-21-14-33(10-7-24(21)30-13-20)25-18(2)19(3)35-26(31-25)32-34(27(35)36)16-28(15-29)8-9-28/h5-6,11-13H,7-10,14,16H2,1-4H3. The van der Waals surface area contributed by atoms with E-state index in [1.807, 2.05) is 26.1 Å². The summed E-state index contributed by atoms with van der Waals surface area (Å²) in [5, 5.41) is 14.0.